The van der Waals surface area contributed by atoms with E-state index < -0.39 is 10.0 Å². The summed E-state index contributed by atoms with van der Waals surface area (Å²) in [6.45, 7) is 2.84. The molecule has 2 aromatic carbocycles. The highest BCUT2D eigenvalue weighted by Crippen LogP contribution is 2.28. The van der Waals surface area contributed by atoms with E-state index in [1.54, 1.807) is 16.4 Å². The Hall–Kier alpha value is -2.18. The van der Waals surface area contributed by atoms with Gasteiger partial charge in [0.25, 0.3) is 0 Å². The fourth-order valence-corrected chi connectivity index (χ4v) is 6.20. The standard InChI is InChI=1S/C25H32N2O3S/c28-25(26-19-15-23(16-20-26)22-7-3-1-4-8-22)14-11-21-9-12-24(13-10-21)31(29,30)27-17-5-2-6-18-27/h1,3-4,7-10,12-13,23H,2,5-6,11,14-20H2. The zero-order valence-corrected chi connectivity index (χ0v) is 18.9. The molecule has 31 heavy (non-hydrogen) atoms. The lowest BCUT2D eigenvalue weighted by molar-refractivity contribution is -0.132. The van der Waals surface area contributed by atoms with E-state index in [9.17, 15) is 13.2 Å². The van der Waals surface area contributed by atoms with Gasteiger partial charge >= 0.3 is 0 Å². The Morgan fingerprint density at radius 3 is 2.13 bits per heavy atom. The molecule has 0 aliphatic carbocycles. The number of hydrogen-bond donors (Lipinski definition) is 0. The monoisotopic (exact) mass is 440 g/mol. The van der Waals surface area contributed by atoms with Crippen molar-refractivity contribution in [3.63, 3.8) is 0 Å². The molecule has 2 heterocycles. The lowest BCUT2D eigenvalue weighted by Crippen LogP contribution is -2.38. The smallest absolute Gasteiger partial charge is 0.243 e. The topological polar surface area (TPSA) is 57.7 Å². The second-order valence-corrected chi connectivity index (χ2v) is 10.6. The summed E-state index contributed by atoms with van der Waals surface area (Å²) < 4.78 is 27.1. The second kappa shape index (κ2) is 9.96. The minimum atomic E-state index is -3.40. The first-order valence-corrected chi connectivity index (χ1v) is 12.9. The highest BCUT2D eigenvalue weighted by Gasteiger charge is 2.26. The second-order valence-electron chi connectivity index (χ2n) is 8.67. The number of benzene rings is 2. The molecule has 0 bridgehead atoms. The molecule has 4 rings (SSSR count). The number of aryl methyl sites for hydroxylation is 1. The molecule has 0 radical (unpaired) electrons. The molecule has 0 N–H and O–H groups in total. The number of amides is 1. The Balaban J connectivity index is 1.27. The van der Waals surface area contributed by atoms with Crippen LogP contribution in [0.5, 0.6) is 0 Å². The van der Waals surface area contributed by atoms with Gasteiger partial charge in [-0.25, -0.2) is 8.42 Å². The van der Waals surface area contributed by atoms with Crippen molar-refractivity contribution in [2.75, 3.05) is 26.2 Å². The van der Waals surface area contributed by atoms with E-state index in [4.69, 9.17) is 0 Å². The Labute approximate surface area is 186 Å². The van der Waals surface area contributed by atoms with Crippen molar-refractivity contribution in [1.29, 1.82) is 0 Å². The predicted molar refractivity (Wildman–Crippen MR) is 122 cm³/mol. The highest BCUT2D eigenvalue weighted by molar-refractivity contribution is 7.89. The van der Waals surface area contributed by atoms with E-state index in [2.05, 4.69) is 24.3 Å². The molecule has 5 nitrogen and oxygen atoms in total. The van der Waals surface area contributed by atoms with E-state index in [0.717, 1.165) is 50.8 Å². The van der Waals surface area contributed by atoms with Crippen molar-refractivity contribution in [1.82, 2.24) is 9.21 Å². The third-order valence-corrected chi connectivity index (χ3v) is 8.54. The lowest BCUT2D eigenvalue weighted by atomic mass is 9.89. The maximum absolute atomic E-state index is 12.8. The maximum Gasteiger partial charge on any atom is 0.243 e. The largest absolute Gasteiger partial charge is 0.343 e. The predicted octanol–water partition coefficient (Wildman–Crippen LogP) is 4.20. The van der Waals surface area contributed by atoms with Gasteiger partial charge in [0.15, 0.2) is 0 Å². The molecule has 2 aromatic rings. The normalized spacial score (nSPS) is 18.8. The SMILES string of the molecule is O=C(CCc1ccc(S(=O)(=O)N2CCCCC2)cc1)N1CCC(c2ccccc2)CC1. The highest BCUT2D eigenvalue weighted by atomic mass is 32.2. The summed E-state index contributed by atoms with van der Waals surface area (Å²) in [6, 6.07) is 17.6. The van der Waals surface area contributed by atoms with Crippen molar-refractivity contribution in [3.8, 4) is 0 Å². The summed E-state index contributed by atoms with van der Waals surface area (Å²) in [7, 11) is -3.40. The average molecular weight is 441 g/mol. The van der Waals surface area contributed by atoms with Gasteiger partial charge in [-0.15, -0.1) is 0 Å². The van der Waals surface area contributed by atoms with Crippen LogP contribution in [0.15, 0.2) is 59.5 Å². The van der Waals surface area contributed by atoms with Gasteiger partial charge in [-0.2, -0.15) is 4.31 Å². The Morgan fingerprint density at radius 2 is 1.48 bits per heavy atom. The molecule has 1 amide bonds. The van der Waals surface area contributed by atoms with Gasteiger partial charge in [-0.05, 0) is 61.3 Å². The van der Waals surface area contributed by atoms with E-state index in [1.165, 1.54) is 5.56 Å². The lowest BCUT2D eigenvalue weighted by Gasteiger charge is -2.32. The number of carbonyl (C=O) groups excluding carboxylic acids is 1. The molecule has 0 aromatic heterocycles. The van der Waals surface area contributed by atoms with Crippen LogP contribution in [0.1, 0.15) is 55.6 Å². The maximum atomic E-state index is 12.8. The summed E-state index contributed by atoms with van der Waals surface area (Å²) in [6.07, 6.45) is 6.10. The molecule has 0 saturated carbocycles. The number of rotatable bonds is 6. The molecule has 6 heteroatoms. The first-order valence-electron chi connectivity index (χ1n) is 11.5. The van der Waals surface area contributed by atoms with Crippen LogP contribution in [-0.4, -0.2) is 49.7 Å². The molecule has 2 aliphatic rings. The van der Waals surface area contributed by atoms with Crippen LogP contribution in [-0.2, 0) is 21.2 Å². The number of carbonyl (C=O) groups is 1. The first kappa shape index (κ1) is 22.0. The first-order chi connectivity index (χ1) is 15.0. The van der Waals surface area contributed by atoms with Crippen LogP contribution in [0, 0.1) is 0 Å². The minimum Gasteiger partial charge on any atom is -0.343 e. The van der Waals surface area contributed by atoms with E-state index in [0.29, 0.717) is 36.7 Å². The minimum absolute atomic E-state index is 0.191. The fraction of sp³-hybridized carbons (Fsp3) is 0.480. The number of hydrogen-bond acceptors (Lipinski definition) is 3. The molecule has 0 unspecified atom stereocenters. The van der Waals surface area contributed by atoms with E-state index in [1.807, 2.05) is 23.1 Å². The zero-order chi connectivity index (χ0) is 21.7. The Morgan fingerprint density at radius 1 is 0.839 bits per heavy atom. The molecule has 2 fully saturated rings. The Kier molecular flexibility index (Phi) is 7.08. The van der Waals surface area contributed by atoms with Crippen LogP contribution in [0.25, 0.3) is 0 Å². The molecule has 2 aliphatic heterocycles. The molecule has 2 saturated heterocycles. The third-order valence-electron chi connectivity index (χ3n) is 6.62. The number of nitrogens with zero attached hydrogens (tertiary/aromatic N) is 2. The van der Waals surface area contributed by atoms with Crippen LogP contribution in [0.3, 0.4) is 0 Å². The molecule has 0 spiro atoms. The quantitative estimate of drug-likeness (QED) is 0.676. The molecule has 0 atom stereocenters. The Bertz CT molecular complexity index is 960. The summed E-state index contributed by atoms with van der Waals surface area (Å²) in [5.74, 6) is 0.733. The van der Waals surface area contributed by atoms with Gasteiger partial charge < -0.3 is 4.90 Å². The van der Waals surface area contributed by atoms with Crippen molar-refractivity contribution in [3.05, 3.63) is 65.7 Å². The summed E-state index contributed by atoms with van der Waals surface area (Å²) in [5.41, 5.74) is 2.37. The van der Waals surface area contributed by atoms with Crippen molar-refractivity contribution in [2.45, 2.75) is 55.8 Å². The third kappa shape index (κ3) is 5.36. The van der Waals surface area contributed by atoms with Gasteiger partial charge in [-0.3, -0.25) is 4.79 Å². The van der Waals surface area contributed by atoms with Crippen LogP contribution in [0.4, 0.5) is 0 Å². The van der Waals surface area contributed by atoms with Gasteiger partial charge in [0, 0.05) is 32.6 Å². The summed E-state index contributed by atoms with van der Waals surface area (Å²) >= 11 is 0. The number of likely N-dealkylation sites (tertiary alicyclic amines) is 1. The van der Waals surface area contributed by atoms with Crippen molar-refractivity contribution < 1.29 is 13.2 Å². The summed E-state index contributed by atoms with van der Waals surface area (Å²) in [4.78, 5) is 15.0. The summed E-state index contributed by atoms with van der Waals surface area (Å²) in [5, 5.41) is 0. The number of sulfonamides is 1. The molecule has 166 valence electrons. The van der Waals surface area contributed by atoms with Gasteiger partial charge in [0.05, 0.1) is 4.90 Å². The van der Waals surface area contributed by atoms with Crippen LogP contribution < -0.4 is 0 Å². The fourth-order valence-electron chi connectivity index (χ4n) is 4.68. The van der Waals surface area contributed by atoms with Crippen LogP contribution >= 0.6 is 0 Å². The van der Waals surface area contributed by atoms with E-state index >= 15 is 0 Å². The average Bonchev–Trinajstić information content (AvgIpc) is 2.84. The van der Waals surface area contributed by atoms with Gasteiger partial charge in [-0.1, -0.05) is 48.9 Å². The number of piperidine rings is 2. The molecular formula is C25H32N2O3S. The van der Waals surface area contributed by atoms with Crippen molar-refractivity contribution >= 4 is 15.9 Å². The van der Waals surface area contributed by atoms with Crippen molar-refractivity contribution in [2.24, 2.45) is 0 Å². The van der Waals surface area contributed by atoms with Crippen LogP contribution in [0.2, 0.25) is 0 Å². The van der Waals surface area contributed by atoms with E-state index in [-0.39, 0.29) is 5.91 Å². The molecular weight excluding hydrogens is 408 g/mol. The zero-order valence-electron chi connectivity index (χ0n) is 18.1. The van der Waals surface area contributed by atoms with Gasteiger partial charge in [0.1, 0.15) is 0 Å². The van der Waals surface area contributed by atoms with Gasteiger partial charge in [0.2, 0.25) is 15.9 Å².